The summed E-state index contributed by atoms with van der Waals surface area (Å²) in [6.45, 7) is 4.90. The molecule has 0 radical (unpaired) electrons. The fourth-order valence-corrected chi connectivity index (χ4v) is 4.24. The van der Waals surface area contributed by atoms with Crippen molar-refractivity contribution in [2.24, 2.45) is 0 Å². The maximum absolute atomic E-state index is 13.2. The lowest BCUT2D eigenvalue weighted by molar-refractivity contribution is 0.0697. The molecule has 142 valence electrons. The summed E-state index contributed by atoms with van der Waals surface area (Å²) in [5, 5.41) is 13.3. The molecule has 3 rings (SSSR count). The van der Waals surface area contributed by atoms with Crippen LogP contribution in [0, 0.1) is 13.8 Å². The zero-order valence-electron chi connectivity index (χ0n) is 14.7. The van der Waals surface area contributed by atoms with E-state index in [1.165, 1.54) is 16.6 Å². The first-order valence-electron chi connectivity index (χ1n) is 7.91. The van der Waals surface area contributed by atoms with Crippen molar-refractivity contribution >= 4 is 39.1 Å². The summed E-state index contributed by atoms with van der Waals surface area (Å²) in [4.78, 5) is 19.7. The maximum atomic E-state index is 13.2. The second kappa shape index (κ2) is 6.78. The van der Waals surface area contributed by atoms with Crippen LogP contribution in [-0.2, 0) is 10.0 Å². The number of aryl methyl sites for hydroxylation is 1. The molecule has 0 aliphatic rings. The first-order chi connectivity index (χ1) is 12.7. The van der Waals surface area contributed by atoms with E-state index >= 15 is 0 Å². The number of halogens is 1. The lowest BCUT2D eigenvalue weighted by atomic mass is 10.1. The summed E-state index contributed by atoms with van der Waals surface area (Å²) in [7, 11) is -4.25. The van der Waals surface area contributed by atoms with Gasteiger partial charge in [0.05, 0.1) is 11.3 Å². The number of hydrogen-bond acceptors (Lipinski definition) is 6. The number of aromatic nitrogens is 4. The van der Waals surface area contributed by atoms with E-state index in [1.807, 2.05) is 0 Å². The molecule has 11 heteroatoms. The maximum Gasteiger partial charge on any atom is 0.337 e. The highest BCUT2D eigenvalue weighted by Crippen LogP contribution is 2.33. The number of carboxylic acid groups (broad SMARTS) is 1. The van der Waals surface area contributed by atoms with Crippen LogP contribution in [0.25, 0.3) is 5.78 Å². The Hall–Kier alpha value is -2.72. The van der Waals surface area contributed by atoms with Gasteiger partial charge in [0.25, 0.3) is 10.9 Å². The summed E-state index contributed by atoms with van der Waals surface area (Å²) in [5.41, 5.74) is 0.919. The number of anilines is 1. The molecular weight excluding hydrogens is 394 g/mol. The molecule has 27 heavy (non-hydrogen) atoms. The average molecular weight is 410 g/mol. The molecule has 1 aromatic carbocycles. The van der Waals surface area contributed by atoms with Crippen molar-refractivity contribution in [1.82, 2.24) is 19.6 Å². The third-order valence-corrected chi connectivity index (χ3v) is 6.02. The van der Waals surface area contributed by atoms with Gasteiger partial charge in [-0.2, -0.15) is 13.4 Å². The van der Waals surface area contributed by atoms with Crippen molar-refractivity contribution < 1.29 is 18.3 Å². The van der Waals surface area contributed by atoms with Gasteiger partial charge in [-0.1, -0.05) is 11.6 Å². The lowest BCUT2D eigenvalue weighted by Crippen LogP contribution is -2.33. The average Bonchev–Trinajstić information content (AvgIpc) is 3.02. The predicted molar refractivity (Wildman–Crippen MR) is 98.9 cm³/mol. The number of aromatic carboxylic acids is 1. The quantitative estimate of drug-likeness (QED) is 0.686. The molecule has 0 unspecified atom stereocenters. The Bertz CT molecular complexity index is 1160. The SMILES string of the molecule is CCN(c1c(C(=O)O)ccc(Cl)c1C)S(=O)(=O)c1nc2ncc(C)cn2n1. The van der Waals surface area contributed by atoms with Crippen LogP contribution in [0.4, 0.5) is 5.69 Å². The van der Waals surface area contributed by atoms with Crippen molar-refractivity contribution in [1.29, 1.82) is 0 Å². The minimum atomic E-state index is -4.25. The van der Waals surface area contributed by atoms with Gasteiger partial charge < -0.3 is 5.11 Å². The van der Waals surface area contributed by atoms with Crippen LogP contribution >= 0.6 is 11.6 Å². The summed E-state index contributed by atoms with van der Waals surface area (Å²) in [5.74, 6) is -1.14. The molecule has 3 aromatic rings. The van der Waals surface area contributed by atoms with Crippen LogP contribution in [0.3, 0.4) is 0 Å². The third-order valence-electron chi connectivity index (χ3n) is 3.96. The Morgan fingerprint density at radius 3 is 2.67 bits per heavy atom. The number of sulfonamides is 1. The largest absolute Gasteiger partial charge is 0.478 e. The van der Waals surface area contributed by atoms with E-state index in [9.17, 15) is 18.3 Å². The van der Waals surface area contributed by atoms with E-state index in [0.29, 0.717) is 5.56 Å². The molecule has 0 amide bonds. The number of hydrogen-bond donors (Lipinski definition) is 1. The first kappa shape index (κ1) is 19.1. The Kier molecular flexibility index (Phi) is 4.79. The third kappa shape index (κ3) is 3.21. The van der Waals surface area contributed by atoms with Crippen molar-refractivity contribution in [3.05, 3.63) is 46.2 Å². The smallest absolute Gasteiger partial charge is 0.337 e. The van der Waals surface area contributed by atoms with Gasteiger partial charge in [0.15, 0.2) is 0 Å². The van der Waals surface area contributed by atoms with Gasteiger partial charge in [0, 0.05) is 24.0 Å². The molecule has 0 saturated heterocycles. The number of nitrogens with zero attached hydrogens (tertiary/aromatic N) is 5. The van der Waals surface area contributed by atoms with E-state index in [-0.39, 0.29) is 28.6 Å². The monoisotopic (exact) mass is 409 g/mol. The molecule has 0 fully saturated rings. The summed E-state index contributed by atoms with van der Waals surface area (Å²) >= 11 is 6.11. The lowest BCUT2D eigenvalue weighted by Gasteiger charge is -2.25. The zero-order chi connectivity index (χ0) is 19.9. The number of rotatable bonds is 5. The van der Waals surface area contributed by atoms with Gasteiger partial charge in [0.1, 0.15) is 0 Å². The van der Waals surface area contributed by atoms with Crippen molar-refractivity contribution in [2.45, 2.75) is 25.9 Å². The van der Waals surface area contributed by atoms with Crippen LogP contribution < -0.4 is 4.31 Å². The predicted octanol–water partition coefficient (Wildman–Crippen LogP) is 2.31. The highest BCUT2D eigenvalue weighted by Gasteiger charge is 2.32. The van der Waals surface area contributed by atoms with Crippen molar-refractivity contribution in [3.8, 4) is 0 Å². The van der Waals surface area contributed by atoms with Gasteiger partial charge in [-0.15, -0.1) is 5.10 Å². The van der Waals surface area contributed by atoms with Crippen LogP contribution in [0.5, 0.6) is 0 Å². The number of carbonyl (C=O) groups is 1. The van der Waals surface area contributed by atoms with Gasteiger partial charge in [-0.3, -0.25) is 4.31 Å². The minimum absolute atomic E-state index is 0.0134. The molecule has 0 aliphatic heterocycles. The Balaban J connectivity index is 2.22. The van der Waals surface area contributed by atoms with Crippen LogP contribution in [0.2, 0.25) is 5.02 Å². The summed E-state index contributed by atoms with van der Waals surface area (Å²) in [6, 6.07) is 2.69. The van der Waals surface area contributed by atoms with Crippen molar-refractivity contribution in [3.63, 3.8) is 0 Å². The molecule has 2 heterocycles. The Morgan fingerprint density at radius 2 is 2.04 bits per heavy atom. The summed E-state index contributed by atoms with van der Waals surface area (Å²) < 4.78 is 28.6. The molecule has 9 nitrogen and oxygen atoms in total. The molecule has 0 spiro atoms. The van der Waals surface area contributed by atoms with E-state index in [2.05, 4.69) is 15.1 Å². The molecule has 0 atom stereocenters. The second-order valence-corrected chi connectivity index (χ2v) is 7.98. The van der Waals surface area contributed by atoms with Crippen LogP contribution in [-0.4, -0.2) is 45.6 Å². The summed E-state index contributed by atoms with van der Waals surface area (Å²) in [6.07, 6.45) is 3.14. The molecule has 1 N–H and O–H groups in total. The van der Waals surface area contributed by atoms with E-state index in [0.717, 1.165) is 9.87 Å². The molecule has 0 saturated carbocycles. The molecule has 0 aliphatic carbocycles. The molecular formula is C16H16ClN5O4S. The normalized spacial score (nSPS) is 11.7. The van der Waals surface area contributed by atoms with Gasteiger partial charge in [-0.25, -0.2) is 14.3 Å². The highest BCUT2D eigenvalue weighted by atomic mass is 35.5. The van der Waals surface area contributed by atoms with Crippen LogP contribution in [0.1, 0.15) is 28.4 Å². The van der Waals surface area contributed by atoms with E-state index in [1.54, 1.807) is 33.2 Å². The first-order valence-corrected chi connectivity index (χ1v) is 9.72. The fourth-order valence-electron chi connectivity index (χ4n) is 2.68. The van der Waals surface area contributed by atoms with Gasteiger partial charge >= 0.3 is 16.0 Å². The Morgan fingerprint density at radius 1 is 1.33 bits per heavy atom. The van der Waals surface area contributed by atoms with Gasteiger partial charge in [0.2, 0.25) is 0 Å². The second-order valence-electron chi connectivity index (χ2n) is 5.81. The van der Waals surface area contributed by atoms with E-state index in [4.69, 9.17) is 11.6 Å². The Labute approximate surface area is 160 Å². The topological polar surface area (TPSA) is 118 Å². The fraction of sp³-hybridized carbons (Fsp3) is 0.250. The van der Waals surface area contributed by atoms with Crippen LogP contribution in [0.15, 0.2) is 29.7 Å². The minimum Gasteiger partial charge on any atom is -0.478 e. The van der Waals surface area contributed by atoms with Gasteiger partial charge in [-0.05, 0) is 44.0 Å². The van der Waals surface area contributed by atoms with Crippen molar-refractivity contribution in [2.75, 3.05) is 10.8 Å². The standard InChI is InChI=1S/C16H16ClN5O4S/c1-4-22(13-10(3)12(17)6-5-11(13)14(23)24)27(25,26)16-19-15-18-7-9(2)8-21(15)20-16/h5-8H,4H2,1-3H3,(H,23,24). The highest BCUT2D eigenvalue weighted by molar-refractivity contribution is 7.92. The number of fused-ring (bicyclic) bond motifs is 1. The number of carboxylic acids is 1. The molecule has 0 bridgehead atoms. The zero-order valence-corrected chi connectivity index (χ0v) is 16.3. The van der Waals surface area contributed by atoms with E-state index < -0.39 is 21.1 Å². The molecule has 2 aromatic heterocycles. The number of benzene rings is 1.